The summed E-state index contributed by atoms with van der Waals surface area (Å²) in [6.07, 6.45) is 0. The third-order valence-corrected chi connectivity index (χ3v) is 4.16. The predicted molar refractivity (Wildman–Crippen MR) is 96.3 cm³/mol. The number of rotatable bonds is 6. The SMILES string of the molecule is N#CC(C#N)=C(C#N)Nc1ccc(N2CCN(CCO)CC2)c([N+](=O)[O-])c1. The Morgan fingerprint density at radius 2 is 1.85 bits per heavy atom. The number of allylic oxidation sites excluding steroid dienone is 2. The average Bonchev–Trinajstić information content (AvgIpc) is 2.69. The van der Waals surface area contributed by atoms with E-state index in [2.05, 4.69) is 10.2 Å². The van der Waals surface area contributed by atoms with Crippen molar-refractivity contribution in [3.8, 4) is 18.2 Å². The lowest BCUT2D eigenvalue weighted by Crippen LogP contribution is -2.47. The van der Waals surface area contributed by atoms with Crippen molar-refractivity contribution in [3.63, 3.8) is 0 Å². The van der Waals surface area contributed by atoms with Crippen molar-refractivity contribution in [1.82, 2.24) is 4.90 Å². The van der Waals surface area contributed by atoms with Crippen molar-refractivity contribution in [2.24, 2.45) is 0 Å². The van der Waals surface area contributed by atoms with E-state index in [1.807, 2.05) is 4.90 Å². The number of aliphatic hydroxyl groups is 1. The summed E-state index contributed by atoms with van der Waals surface area (Å²) < 4.78 is 0. The van der Waals surface area contributed by atoms with Gasteiger partial charge in [0.05, 0.1) is 11.5 Å². The maximum Gasteiger partial charge on any atom is 0.294 e. The van der Waals surface area contributed by atoms with Crippen LogP contribution in [-0.4, -0.2) is 54.3 Å². The molecule has 0 amide bonds. The molecule has 10 heteroatoms. The van der Waals surface area contributed by atoms with Gasteiger partial charge >= 0.3 is 0 Å². The zero-order chi connectivity index (χ0) is 19.8. The lowest BCUT2D eigenvalue weighted by molar-refractivity contribution is -0.384. The molecular formula is C17H17N7O3. The molecule has 0 unspecified atom stereocenters. The molecule has 2 rings (SSSR count). The summed E-state index contributed by atoms with van der Waals surface area (Å²) in [6.45, 7) is 3.19. The van der Waals surface area contributed by atoms with Crippen molar-refractivity contribution >= 4 is 17.1 Å². The first-order valence-corrected chi connectivity index (χ1v) is 8.12. The monoisotopic (exact) mass is 367 g/mol. The molecule has 0 saturated carbocycles. The molecule has 1 saturated heterocycles. The van der Waals surface area contributed by atoms with Crippen LogP contribution in [0.1, 0.15) is 0 Å². The first kappa shape index (κ1) is 19.7. The molecule has 2 N–H and O–H groups in total. The van der Waals surface area contributed by atoms with E-state index in [1.54, 1.807) is 30.3 Å². The standard InChI is InChI=1S/C17H17N7O3/c18-10-13(11-19)15(12-20)21-14-1-2-16(17(9-14)24(26)27)23-5-3-22(4-6-23)7-8-25/h1-2,9,21,25H,3-8H2. The summed E-state index contributed by atoms with van der Waals surface area (Å²) in [5, 5.41) is 49.9. The molecule has 10 nitrogen and oxygen atoms in total. The number of nitrogens with zero attached hydrogens (tertiary/aromatic N) is 6. The van der Waals surface area contributed by atoms with Gasteiger partial charge in [0.15, 0.2) is 5.57 Å². The largest absolute Gasteiger partial charge is 0.395 e. The summed E-state index contributed by atoms with van der Waals surface area (Å²) >= 11 is 0. The highest BCUT2D eigenvalue weighted by Gasteiger charge is 2.24. The minimum atomic E-state index is -0.508. The van der Waals surface area contributed by atoms with Crippen molar-refractivity contribution in [2.45, 2.75) is 0 Å². The highest BCUT2D eigenvalue weighted by atomic mass is 16.6. The third-order valence-electron chi connectivity index (χ3n) is 4.16. The van der Waals surface area contributed by atoms with Gasteiger partial charge in [-0.3, -0.25) is 15.0 Å². The van der Waals surface area contributed by atoms with E-state index in [0.29, 0.717) is 38.4 Å². The van der Waals surface area contributed by atoms with Gasteiger partial charge in [-0.1, -0.05) is 0 Å². The van der Waals surface area contributed by atoms with Crippen LogP contribution in [-0.2, 0) is 0 Å². The third kappa shape index (κ3) is 4.71. The van der Waals surface area contributed by atoms with E-state index < -0.39 is 10.5 Å². The fourth-order valence-corrected chi connectivity index (χ4v) is 2.80. The van der Waals surface area contributed by atoms with Crippen LogP contribution in [0.2, 0.25) is 0 Å². The van der Waals surface area contributed by atoms with Crippen molar-refractivity contribution in [2.75, 3.05) is 49.5 Å². The maximum absolute atomic E-state index is 11.5. The van der Waals surface area contributed by atoms with Crippen LogP contribution in [0.25, 0.3) is 0 Å². The summed E-state index contributed by atoms with van der Waals surface area (Å²) in [7, 11) is 0. The van der Waals surface area contributed by atoms with Gasteiger partial charge in [-0.05, 0) is 12.1 Å². The molecule has 1 fully saturated rings. The highest BCUT2D eigenvalue weighted by molar-refractivity contribution is 5.71. The Morgan fingerprint density at radius 1 is 1.19 bits per heavy atom. The number of nitro benzene ring substituents is 1. The zero-order valence-electron chi connectivity index (χ0n) is 14.4. The second-order valence-electron chi connectivity index (χ2n) is 5.72. The molecule has 1 aromatic rings. The van der Waals surface area contributed by atoms with Crippen molar-refractivity contribution < 1.29 is 10.0 Å². The molecule has 1 aliphatic heterocycles. The van der Waals surface area contributed by atoms with E-state index >= 15 is 0 Å². The first-order valence-electron chi connectivity index (χ1n) is 8.12. The van der Waals surface area contributed by atoms with Crippen LogP contribution >= 0.6 is 0 Å². The van der Waals surface area contributed by atoms with Crippen molar-refractivity contribution in [3.05, 3.63) is 39.6 Å². The van der Waals surface area contributed by atoms with Crippen LogP contribution in [0.3, 0.4) is 0 Å². The number of nitriles is 3. The molecule has 0 aliphatic carbocycles. The number of piperazine rings is 1. The second kappa shape index (κ2) is 9.16. The van der Waals surface area contributed by atoms with E-state index in [0.717, 1.165) is 0 Å². The number of anilines is 2. The highest BCUT2D eigenvalue weighted by Crippen LogP contribution is 2.32. The lowest BCUT2D eigenvalue weighted by Gasteiger charge is -2.35. The van der Waals surface area contributed by atoms with Gasteiger partial charge in [0.25, 0.3) is 5.69 Å². The topological polar surface area (TPSA) is 153 Å². The number of aliphatic hydroxyl groups excluding tert-OH is 1. The Hall–Kier alpha value is -3.65. The van der Waals surface area contributed by atoms with Gasteiger partial charge in [-0.15, -0.1) is 0 Å². The molecule has 0 atom stereocenters. The molecule has 0 spiro atoms. The Morgan fingerprint density at radius 3 is 2.37 bits per heavy atom. The second-order valence-corrected chi connectivity index (χ2v) is 5.72. The quantitative estimate of drug-likeness (QED) is 0.425. The van der Waals surface area contributed by atoms with E-state index in [4.69, 9.17) is 20.9 Å². The number of nitro groups is 1. The van der Waals surface area contributed by atoms with E-state index in [1.165, 1.54) is 6.07 Å². The smallest absolute Gasteiger partial charge is 0.294 e. The Labute approximate surface area is 155 Å². The van der Waals surface area contributed by atoms with Gasteiger partial charge in [-0.25, -0.2) is 0 Å². The summed E-state index contributed by atoms with van der Waals surface area (Å²) in [4.78, 5) is 15.0. The number of benzene rings is 1. The minimum Gasteiger partial charge on any atom is -0.395 e. The fourth-order valence-electron chi connectivity index (χ4n) is 2.80. The summed E-state index contributed by atoms with van der Waals surface area (Å²) in [6, 6.07) is 9.34. The Balaban J connectivity index is 2.27. The van der Waals surface area contributed by atoms with Gasteiger partial charge in [0.1, 0.15) is 29.6 Å². The van der Waals surface area contributed by atoms with Crippen LogP contribution in [0, 0.1) is 44.1 Å². The number of β-amino-alcohol motifs (C(OH)–C–C–N with tert-alkyl or cyclic N) is 1. The van der Waals surface area contributed by atoms with Crippen LogP contribution < -0.4 is 10.2 Å². The lowest BCUT2D eigenvalue weighted by atomic mass is 10.1. The molecular weight excluding hydrogens is 350 g/mol. The van der Waals surface area contributed by atoms with Gasteiger partial charge in [0.2, 0.25) is 0 Å². The Kier molecular flexibility index (Phi) is 6.67. The molecule has 138 valence electrons. The van der Waals surface area contributed by atoms with Crippen LogP contribution in [0.5, 0.6) is 0 Å². The van der Waals surface area contributed by atoms with E-state index in [-0.39, 0.29) is 23.7 Å². The first-order chi connectivity index (χ1) is 13.0. The zero-order valence-corrected chi connectivity index (χ0v) is 14.4. The van der Waals surface area contributed by atoms with Crippen LogP contribution in [0.15, 0.2) is 29.5 Å². The minimum absolute atomic E-state index is 0.0721. The molecule has 27 heavy (non-hydrogen) atoms. The summed E-state index contributed by atoms with van der Waals surface area (Å²) in [5.41, 5.74) is -0.103. The molecule has 0 radical (unpaired) electrons. The number of hydrogen-bond acceptors (Lipinski definition) is 9. The van der Waals surface area contributed by atoms with Gasteiger partial charge < -0.3 is 15.3 Å². The normalized spacial score (nSPS) is 13.8. The Bertz CT molecular complexity index is 852. The predicted octanol–water partition coefficient (Wildman–Crippen LogP) is 0.946. The van der Waals surface area contributed by atoms with Crippen LogP contribution in [0.4, 0.5) is 17.1 Å². The van der Waals surface area contributed by atoms with Crippen molar-refractivity contribution in [1.29, 1.82) is 15.8 Å². The molecule has 1 aliphatic rings. The molecule has 0 bridgehead atoms. The van der Waals surface area contributed by atoms with Gasteiger partial charge in [0, 0.05) is 44.5 Å². The molecule has 1 heterocycles. The molecule has 0 aromatic heterocycles. The maximum atomic E-state index is 11.5. The van der Waals surface area contributed by atoms with E-state index in [9.17, 15) is 10.1 Å². The number of hydrogen-bond donors (Lipinski definition) is 2. The number of nitrogens with one attached hydrogen (secondary N) is 1. The average molecular weight is 367 g/mol. The summed E-state index contributed by atoms with van der Waals surface area (Å²) in [5.74, 6) is 0. The molecule has 1 aromatic carbocycles. The fraction of sp³-hybridized carbons (Fsp3) is 0.353. The van der Waals surface area contributed by atoms with Gasteiger partial charge in [-0.2, -0.15) is 15.8 Å².